The third kappa shape index (κ3) is 4.45. The van der Waals surface area contributed by atoms with Gasteiger partial charge in [-0.25, -0.2) is 0 Å². The van der Waals surface area contributed by atoms with E-state index < -0.39 is 18.2 Å². The van der Waals surface area contributed by atoms with Crippen LogP contribution in [0.5, 0.6) is 0 Å². The lowest BCUT2D eigenvalue weighted by Gasteiger charge is -2.29. The fourth-order valence-corrected chi connectivity index (χ4v) is 4.47. The molecule has 1 N–H and O–H groups in total. The van der Waals surface area contributed by atoms with Crippen molar-refractivity contribution in [1.29, 1.82) is 0 Å². The van der Waals surface area contributed by atoms with Crippen LogP contribution in [0.25, 0.3) is 10.8 Å². The van der Waals surface area contributed by atoms with Crippen LogP contribution < -0.4 is 5.32 Å². The van der Waals surface area contributed by atoms with Crippen LogP contribution in [0.4, 0.5) is 13.2 Å². The minimum absolute atomic E-state index is 0.0532. The molecule has 0 fully saturated rings. The number of hydrogen-bond acceptors (Lipinski definition) is 4. The molecule has 34 heavy (non-hydrogen) atoms. The number of benzene rings is 3. The highest BCUT2D eigenvalue weighted by molar-refractivity contribution is 6.34. The number of oxime groups is 1. The van der Waals surface area contributed by atoms with Gasteiger partial charge in [-0.2, -0.15) is 13.2 Å². The molecule has 1 amide bonds. The van der Waals surface area contributed by atoms with E-state index in [0.717, 1.165) is 0 Å². The van der Waals surface area contributed by atoms with E-state index in [4.69, 9.17) is 32.8 Å². The van der Waals surface area contributed by atoms with Gasteiger partial charge in [-0.05, 0) is 35.0 Å². The van der Waals surface area contributed by atoms with Gasteiger partial charge in [0.25, 0.3) is 11.5 Å². The van der Waals surface area contributed by atoms with Crippen molar-refractivity contribution >= 4 is 45.6 Å². The third-order valence-corrected chi connectivity index (χ3v) is 6.02. The predicted octanol–water partition coefficient (Wildman–Crippen LogP) is 6.11. The second-order valence-corrected chi connectivity index (χ2v) is 8.62. The van der Waals surface area contributed by atoms with Crippen molar-refractivity contribution in [2.75, 3.05) is 20.3 Å². The number of rotatable bonds is 6. The molecule has 5 nitrogen and oxygen atoms in total. The van der Waals surface area contributed by atoms with Gasteiger partial charge >= 0.3 is 6.18 Å². The molecular formula is C24H19Cl2F3N2O3. The van der Waals surface area contributed by atoms with Gasteiger partial charge in [0.05, 0.1) is 12.3 Å². The second kappa shape index (κ2) is 9.44. The van der Waals surface area contributed by atoms with E-state index in [0.29, 0.717) is 35.1 Å². The SMILES string of the molecule is COCCNC(=O)c1ccc(C2=NOC(c3cc(Cl)cc(Cl)c3)(C(F)(F)F)C2)c2ccccc12. The fourth-order valence-electron chi connectivity index (χ4n) is 3.95. The van der Waals surface area contributed by atoms with Crippen LogP contribution in [0.1, 0.15) is 27.9 Å². The summed E-state index contributed by atoms with van der Waals surface area (Å²) in [5.41, 5.74) is -2.07. The van der Waals surface area contributed by atoms with Crippen LogP contribution in [-0.2, 0) is 15.2 Å². The molecule has 1 aliphatic heterocycles. The average molecular weight is 511 g/mol. The molecule has 0 aliphatic carbocycles. The summed E-state index contributed by atoms with van der Waals surface area (Å²) in [5, 5.41) is 7.85. The van der Waals surface area contributed by atoms with E-state index in [-0.39, 0.29) is 27.2 Å². The van der Waals surface area contributed by atoms with Gasteiger partial charge in [0.2, 0.25) is 0 Å². The lowest BCUT2D eigenvalue weighted by Crippen LogP contribution is -2.42. The topological polar surface area (TPSA) is 59.9 Å². The average Bonchev–Trinajstić information content (AvgIpc) is 3.25. The van der Waals surface area contributed by atoms with Crippen molar-refractivity contribution in [2.45, 2.75) is 18.2 Å². The highest BCUT2D eigenvalue weighted by Gasteiger charge is 2.62. The van der Waals surface area contributed by atoms with E-state index in [9.17, 15) is 18.0 Å². The predicted molar refractivity (Wildman–Crippen MR) is 125 cm³/mol. The number of ether oxygens (including phenoxy) is 1. The lowest BCUT2D eigenvalue weighted by molar-refractivity contribution is -0.275. The maximum Gasteiger partial charge on any atom is 0.435 e. The van der Waals surface area contributed by atoms with Gasteiger partial charge < -0.3 is 14.9 Å². The number of hydrogen-bond donors (Lipinski definition) is 1. The summed E-state index contributed by atoms with van der Waals surface area (Å²) >= 11 is 11.9. The van der Waals surface area contributed by atoms with E-state index in [2.05, 4.69) is 10.5 Å². The smallest absolute Gasteiger partial charge is 0.383 e. The molecule has 0 spiro atoms. The van der Waals surface area contributed by atoms with Crippen LogP contribution in [0.2, 0.25) is 10.0 Å². The zero-order valence-electron chi connectivity index (χ0n) is 17.9. The van der Waals surface area contributed by atoms with Crippen molar-refractivity contribution in [3.05, 3.63) is 81.3 Å². The van der Waals surface area contributed by atoms with Crippen molar-refractivity contribution in [3.8, 4) is 0 Å². The first-order valence-corrected chi connectivity index (χ1v) is 11.0. The number of nitrogens with zero attached hydrogens (tertiary/aromatic N) is 1. The molecule has 1 aliphatic rings. The van der Waals surface area contributed by atoms with Gasteiger partial charge in [0.15, 0.2) is 0 Å². The van der Waals surface area contributed by atoms with Crippen molar-refractivity contribution < 1.29 is 27.5 Å². The minimum atomic E-state index is -4.80. The lowest BCUT2D eigenvalue weighted by atomic mass is 9.85. The Morgan fingerprint density at radius 3 is 2.44 bits per heavy atom. The first-order chi connectivity index (χ1) is 16.2. The summed E-state index contributed by atoms with van der Waals surface area (Å²) in [6, 6.07) is 13.8. The molecule has 3 aromatic rings. The highest BCUT2D eigenvalue weighted by Crippen LogP contribution is 2.50. The first kappa shape index (κ1) is 24.3. The molecule has 0 bridgehead atoms. The monoisotopic (exact) mass is 510 g/mol. The first-order valence-electron chi connectivity index (χ1n) is 10.2. The Balaban J connectivity index is 1.75. The number of halogens is 5. The summed E-state index contributed by atoms with van der Waals surface area (Å²) in [7, 11) is 1.53. The van der Waals surface area contributed by atoms with Gasteiger partial charge in [-0.1, -0.05) is 58.7 Å². The molecule has 0 saturated heterocycles. The highest BCUT2D eigenvalue weighted by atomic mass is 35.5. The Bertz CT molecular complexity index is 1260. The van der Waals surface area contributed by atoms with E-state index >= 15 is 0 Å². The van der Waals surface area contributed by atoms with Gasteiger partial charge in [0, 0.05) is 46.8 Å². The Kier molecular flexibility index (Phi) is 6.75. The number of carbonyl (C=O) groups excluding carboxylic acids is 1. The zero-order chi connectivity index (χ0) is 24.5. The number of nitrogens with one attached hydrogen (secondary N) is 1. The summed E-state index contributed by atoms with van der Waals surface area (Å²) in [6.07, 6.45) is -5.39. The maximum atomic E-state index is 14.3. The Morgan fingerprint density at radius 2 is 1.79 bits per heavy atom. The van der Waals surface area contributed by atoms with Gasteiger partial charge in [-0.15, -0.1) is 0 Å². The van der Waals surface area contributed by atoms with E-state index in [1.54, 1.807) is 36.4 Å². The molecule has 178 valence electrons. The molecule has 0 aromatic heterocycles. The van der Waals surface area contributed by atoms with Crippen LogP contribution in [0.15, 0.2) is 59.8 Å². The number of fused-ring (bicyclic) bond motifs is 1. The number of carbonyl (C=O) groups is 1. The Hall–Kier alpha value is -2.81. The number of amides is 1. The van der Waals surface area contributed by atoms with Crippen LogP contribution >= 0.6 is 23.2 Å². The van der Waals surface area contributed by atoms with Gasteiger partial charge in [0.1, 0.15) is 0 Å². The summed E-state index contributed by atoms with van der Waals surface area (Å²) in [4.78, 5) is 17.8. The maximum absolute atomic E-state index is 14.3. The van der Waals surface area contributed by atoms with Crippen molar-refractivity contribution in [2.24, 2.45) is 5.16 Å². The van der Waals surface area contributed by atoms with E-state index in [1.807, 2.05) is 0 Å². The Morgan fingerprint density at radius 1 is 1.12 bits per heavy atom. The molecule has 4 rings (SSSR count). The molecule has 10 heteroatoms. The third-order valence-electron chi connectivity index (χ3n) is 5.59. The standard InChI is InChI=1S/C24H19Cl2F3N2O3/c1-33-9-8-30-22(32)20-7-6-19(17-4-2-3-5-18(17)20)21-13-23(34-31-21,24(27,28)29)14-10-15(25)12-16(26)11-14/h2-7,10-12H,8-9,13H2,1H3,(H,30,32). The Labute approximate surface area is 203 Å². The van der Waals surface area contributed by atoms with Crippen LogP contribution in [-0.4, -0.2) is 38.1 Å². The molecule has 0 saturated carbocycles. The summed E-state index contributed by atoms with van der Waals surface area (Å²) in [6.45, 7) is 0.672. The summed E-state index contributed by atoms with van der Waals surface area (Å²) < 4.78 is 48.0. The molecule has 0 radical (unpaired) electrons. The molecule has 3 aromatic carbocycles. The van der Waals surface area contributed by atoms with Crippen molar-refractivity contribution in [1.82, 2.24) is 5.32 Å². The number of alkyl halides is 3. The number of methoxy groups -OCH3 is 1. The zero-order valence-corrected chi connectivity index (χ0v) is 19.4. The summed E-state index contributed by atoms with van der Waals surface area (Å²) in [5.74, 6) is -0.317. The molecule has 1 atom stereocenters. The minimum Gasteiger partial charge on any atom is -0.383 e. The van der Waals surface area contributed by atoms with Crippen LogP contribution in [0.3, 0.4) is 0 Å². The van der Waals surface area contributed by atoms with Crippen molar-refractivity contribution in [3.63, 3.8) is 0 Å². The normalized spacial score (nSPS) is 18.0. The van der Waals surface area contributed by atoms with Gasteiger partial charge in [-0.3, -0.25) is 4.79 Å². The van der Waals surface area contributed by atoms with E-state index in [1.165, 1.54) is 25.3 Å². The van der Waals surface area contributed by atoms with Crippen LogP contribution in [0, 0.1) is 0 Å². The largest absolute Gasteiger partial charge is 0.435 e. The molecule has 1 heterocycles. The molecule has 1 unspecified atom stereocenters. The fraction of sp³-hybridized carbons (Fsp3) is 0.250. The molecular weight excluding hydrogens is 492 g/mol. The quantitative estimate of drug-likeness (QED) is 0.407. The second-order valence-electron chi connectivity index (χ2n) is 7.74.